The third kappa shape index (κ3) is 2.40. The lowest BCUT2D eigenvalue weighted by Gasteiger charge is -2.23. The van der Waals surface area contributed by atoms with Crippen LogP contribution in [0.4, 0.5) is 27.1 Å². The first-order chi connectivity index (χ1) is 9.56. The summed E-state index contributed by atoms with van der Waals surface area (Å²) in [5.74, 6) is -0.439. The lowest BCUT2D eigenvalue weighted by molar-refractivity contribution is -0.383. The molecule has 2 rings (SSSR count). The number of nitrogen functional groups attached to an aromatic ring is 1. The highest BCUT2D eigenvalue weighted by Gasteiger charge is 2.23. The first kappa shape index (κ1) is 13.8. The van der Waals surface area contributed by atoms with Crippen molar-refractivity contribution in [3.05, 3.63) is 58.4 Å². The Morgan fingerprint density at radius 2 is 1.85 bits per heavy atom. The largest absolute Gasteiger partial charge is 0.393 e. The molecular formula is C14H14FN3O2. The van der Waals surface area contributed by atoms with Gasteiger partial charge in [0.1, 0.15) is 17.2 Å². The Morgan fingerprint density at radius 1 is 1.20 bits per heavy atom. The summed E-state index contributed by atoms with van der Waals surface area (Å²) >= 11 is 0. The smallest absolute Gasteiger partial charge is 0.315 e. The predicted molar refractivity (Wildman–Crippen MR) is 76.6 cm³/mol. The van der Waals surface area contributed by atoms with Gasteiger partial charge in [-0.1, -0.05) is 18.2 Å². The molecular weight excluding hydrogens is 261 g/mol. The molecule has 2 N–H and O–H groups in total. The quantitative estimate of drug-likeness (QED) is 0.526. The number of hydrogen-bond donors (Lipinski definition) is 1. The van der Waals surface area contributed by atoms with Crippen LogP contribution in [-0.2, 0) is 0 Å². The van der Waals surface area contributed by atoms with Gasteiger partial charge in [0.05, 0.1) is 10.6 Å². The van der Waals surface area contributed by atoms with E-state index in [1.807, 2.05) is 0 Å². The molecule has 0 amide bonds. The molecule has 0 saturated heterocycles. The van der Waals surface area contributed by atoms with E-state index in [1.54, 1.807) is 37.3 Å². The molecule has 104 valence electrons. The van der Waals surface area contributed by atoms with Crippen LogP contribution in [0.3, 0.4) is 0 Å². The lowest BCUT2D eigenvalue weighted by Crippen LogP contribution is -2.19. The van der Waals surface area contributed by atoms with Crippen molar-refractivity contribution in [1.82, 2.24) is 0 Å². The fourth-order valence-electron chi connectivity index (χ4n) is 2.11. The van der Waals surface area contributed by atoms with Gasteiger partial charge in [0.2, 0.25) is 0 Å². The zero-order chi connectivity index (χ0) is 14.7. The SMILES string of the molecule is CCN(c1ccccc1F)c1cccc(N)c1[N+](=O)[O-]. The summed E-state index contributed by atoms with van der Waals surface area (Å²) < 4.78 is 13.9. The number of benzene rings is 2. The molecule has 20 heavy (non-hydrogen) atoms. The van der Waals surface area contributed by atoms with E-state index in [1.165, 1.54) is 17.0 Å². The van der Waals surface area contributed by atoms with Crippen LogP contribution in [0.25, 0.3) is 0 Å². The van der Waals surface area contributed by atoms with E-state index in [0.29, 0.717) is 6.54 Å². The average Bonchev–Trinajstić information content (AvgIpc) is 2.41. The van der Waals surface area contributed by atoms with E-state index in [9.17, 15) is 14.5 Å². The highest BCUT2D eigenvalue weighted by atomic mass is 19.1. The van der Waals surface area contributed by atoms with Crippen LogP contribution in [0.5, 0.6) is 0 Å². The summed E-state index contributed by atoms with van der Waals surface area (Å²) in [6.45, 7) is 2.17. The number of hydrogen-bond acceptors (Lipinski definition) is 4. The zero-order valence-corrected chi connectivity index (χ0v) is 10.9. The predicted octanol–water partition coefficient (Wildman–Crippen LogP) is 3.47. The maximum Gasteiger partial charge on any atom is 0.315 e. The summed E-state index contributed by atoms with van der Waals surface area (Å²) in [7, 11) is 0. The molecule has 0 aliphatic heterocycles. The molecule has 2 aromatic rings. The fraction of sp³-hybridized carbons (Fsp3) is 0.143. The molecule has 0 aliphatic carbocycles. The molecule has 2 aromatic carbocycles. The molecule has 0 aliphatic rings. The van der Waals surface area contributed by atoms with Gasteiger partial charge in [0.15, 0.2) is 0 Å². The third-order valence-corrected chi connectivity index (χ3v) is 2.98. The molecule has 0 fully saturated rings. The van der Waals surface area contributed by atoms with Crippen LogP contribution in [0.1, 0.15) is 6.92 Å². The fourth-order valence-corrected chi connectivity index (χ4v) is 2.11. The summed E-state index contributed by atoms with van der Waals surface area (Å²) in [6.07, 6.45) is 0. The van der Waals surface area contributed by atoms with E-state index in [2.05, 4.69) is 0 Å². The maximum atomic E-state index is 13.9. The number of halogens is 1. The van der Waals surface area contributed by atoms with Crippen molar-refractivity contribution in [3.8, 4) is 0 Å². The minimum Gasteiger partial charge on any atom is -0.393 e. The van der Waals surface area contributed by atoms with Crippen LogP contribution in [0, 0.1) is 15.9 Å². The molecule has 0 saturated carbocycles. The van der Waals surface area contributed by atoms with Crippen LogP contribution in [-0.4, -0.2) is 11.5 Å². The number of anilines is 3. The monoisotopic (exact) mass is 275 g/mol. The highest BCUT2D eigenvalue weighted by molar-refractivity contribution is 5.80. The second kappa shape index (κ2) is 5.56. The molecule has 0 bridgehead atoms. The second-order valence-electron chi connectivity index (χ2n) is 4.17. The minimum atomic E-state index is -0.547. The van der Waals surface area contributed by atoms with Crippen molar-refractivity contribution < 1.29 is 9.31 Å². The van der Waals surface area contributed by atoms with E-state index >= 15 is 0 Å². The second-order valence-corrected chi connectivity index (χ2v) is 4.17. The Morgan fingerprint density at radius 3 is 2.45 bits per heavy atom. The van der Waals surface area contributed by atoms with Gasteiger partial charge in [-0.15, -0.1) is 0 Å². The van der Waals surface area contributed by atoms with Gasteiger partial charge >= 0.3 is 5.69 Å². The van der Waals surface area contributed by atoms with Gasteiger partial charge in [0, 0.05) is 6.54 Å². The maximum absolute atomic E-state index is 13.9. The Kier molecular flexibility index (Phi) is 3.84. The van der Waals surface area contributed by atoms with Crippen LogP contribution < -0.4 is 10.6 Å². The van der Waals surface area contributed by atoms with Gasteiger partial charge in [-0.25, -0.2) is 4.39 Å². The number of nitrogens with zero attached hydrogens (tertiary/aromatic N) is 2. The zero-order valence-electron chi connectivity index (χ0n) is 10.9. The number of nitro groups is 1. The van der Waals surface area contributed by atoms with E-state index < -0.39 is 10.7 Å². The third-order valence-electron chi connectivity index (χ3n) is 2.98. The summed E-state index contributed by atoms with van der Waals surface area (Å²) in [6, 6.07) is 10.8. The molecule has 0 heterocycles. The Hall–Kier alpha value is -2.63. The standard InChI is InChI=1S/C14H14FN3O2/c1-2-17(12-8-4-3-6-10(12)15)13-9-5-7-11(16)14(13)18(19)20/h3-9H,2,16H2,1H3. The van der Waals surface area contributed by atoms with E-state index in [4.69, 9.17) is 5.73 Å². The van der Waals surface area contributed by atoms with Crippen LogP contribution in [0.15, 0.2) is 42.5 Å². The minimum absolute atomic E-state index is 0.0577. The molecule has 0 spiro atoms. The van der Waals surface area contributed by atoms with Gasteiger partial charge in [-0.05, 0) is 31.2 Å². The highest BCUT2D eigenvalue weighted by Crippen LogP contribution is 2.37. The van der Waals surface area contributed by atoms with Crippen molar-refractivity contribution >= 4 is 22.7 Å². The van der Waals surface area contributed by atoms with Crippen LogP contribution in [0.2, 0.25) is 0 Å². The number of rotatable bonds is 4. The van der Waals surface area contributed by atoms with Gasteiger partial charge < -0.3 is 10.6 Å². The first-order valence-electron chi connectivity index (χ1n) is 6.11. The normalized spacial score (nSPS) is 10.3. The van der Waals surface area contributed by atoms with Crippen molar-refractivity contribution in [2.45, 2.75) is 6.92 Å². The first-order valence-corrected chi connectivity index (χ1v) is 6.11. The molecule has 0 radical (unpaired) electrons. The van der Waals surface area contributed by atoms with Gasteiger partial charge in [0.25, 0.3) is 0 Å². The number of nitrogens with two attached hydrogens (primary N) is 1. The number of nitro benzene ring substituents is 1. The van der Waals surface area contributed by atoms with Crippen molar-refractivity contribution in [2.75, 3.05) is 17.2 Å². The molecule has 0 aromatic heterocycles. The van der Waals surface area contributed by atoms with Gasteiger partial charge in [-0.2, -0.15) is 0 Å². The summed E-state index contributed by atoms with van der Waals surface area (Å²) in [5, 5.41) is 11.2. The molecule has 0 unspecified atom stereocenters. The van der Waals surface area contributed by atoms with E-state index in [0.717, 1.165) is 0 Å². The van der Waals surface area contributed by atoms with E-state index in [-0.39, 0.29) is 22.7 Å². The Bertz CT molecular complexity index is 646. The average molecular weight is 275 g/mol. The van der Waals surface area contributed by atoms with Crippen LogP contribution >= 0.6 is 0 Å². The molecule has 6 heteroatoms. The molecule has 5 nitrogen and oxygen atoms in total. The topological polar surface area (TPSA) is 72.4 Å². The lowest BCUT2D eigenvalue weighted by atomic mass is 10.2. The summed E-state index contributed by atoms with van der Waals surface area (Å²) in [5.41, 5.74) is 6.08. The summed E-state index contributed by atoms with van der Waals surface area (Å²) in [4.78, 5) is 12.2. The Labute approximate surface area is 115 Å². The van der Waals surface area contributed by atoms with Crippen molar-refractivity contribution in [3.63, 3.8) is 0 Å². The number of para-hydroxylation sites is 2. The van der Waals surface area contributed by atoms with Gasteiger partial charge in [-0.3, -0.25) is 10.1 Å². The van der Waals surface area contributed by atoms with Crippen molar-refractivity contribution in [1.29, 1.82) is 0 Å². The van der Waals surface area contributed by atoms with Crippen molar-refractivity contribution in [2.24, 2.45) is 0 Å². The Balaban J connectivity index is 2.62. The molecule has 0 atom stereocenters.